The maximum Gasteiger partial charge on any atom is 0.249 e. The second-order valence-corrected chi connectivity index (χ2v) is 8.09. The van der Waals surface area contributed by atoms with Crippen LogP contribution in [-0.2, 0) is 9.59 Å². The van der Waals surface area contributed by atoms with Crippen LogP contribution in [-0.4, -0.2) is 36.6 Å². The van der Waals surface area contributed by atoms with Gasteiger partial charge in [0, 0.05) is 36.3 Å². The summed E-state index contributed by atoms with van der Waals surface area (Å²) in [5, 5.41) is 3.02. The minimum Gasteiger partial charge on any atom is -0.454 e. The van der Waals surface area contributed by atoms with Crippen molar-refractivity contribution in [2.45, 2.75) is 38.5 Å². The fourth-order valence-corrected chi connectivity index (χ4v) is 4.70. The molecule has 5 rings (SSSR count). The topological polar surface area (TPSA) is 67.9 Å². The molecule has 0 aromatic heterocycles. The number of ether oxygens (including phenoxy) is 2. The highest BCUT2D eigenvalue weighted by molar-refractivity contribution is 5.96. The van der Waals surface area contributed by atoms with Crippen LogP contribution in [0.2, 0.25) is 0 Å². The molecule has 0 radical (unpaired) electrons. The number of fused-ring (bicyclic) bond motifs is 1. The van der Waals surface area contributed by atoms with Gasteiger partial charge < -0.3 is 19.7 Å². The van der Waals surface area contributed by atoms with E-state index in [1.807, 2.05) is 23.1 Å². The molecule has 0 bridgehead atoms. The van der Waals surface area contributed by atoms with Gasteiger partial charge in [0.2, 0.25) is 18.6 Å². The van der Waals surface area contributed by atoms with Crippen molar-refractivity contribution in [3.8, 4) is 11.5 Å². The minimum atomic E-state index is 0.0471. The van der Waals surface area contributed by atoms with Crippen LogP contribution in [0.1, 0.15) is 38.5 Å². The molecule has 1 spiro atoms. The zero-order chi connectivity index (χ0) is 18.4. The first-order valence-corrected chi connectivity index (χ1v) is 9.83. The molecule has 6 heteroatoms. The molecule has 4 aliphatic rings. The van der Waals surface area contributed by atoms with Crippen LogP contribution < -0.4 is 14.8 Å². The molecule has 6 nitrogen and oxygen atoms in total. The second-order valence-electron chi connectivity index (χ2n) is 8.09. The number of nitrogens with zero attached hydrogens (tertiary/aromatic N) is 1. The first-order valence-electron chi connectivity index (χ1n) is 9.83. The second kappa shape index (κ2) is 6.29. The lowest BCUT2D eigenvalue weighted by molar-refractivity contribution is -0.128. The first-order chi connectivity index (χ1) is 13.1. The van der Waals surface area contributed by atoms with E-state index in [2.05, 4.69) is 11.4 Å². The van der Waals surface area contributed by atoms with Gasteiger partial charge in [0.1, 0.15) is 0 Å². The fraction of sp³-hybridized carbons (Fsp3) is 0.524. The number of rotatable bonds is 3. The third-order valence-electron chi connectivity index (χ3n) is 6.51. The Kier molecular flexibility index (Phi) is 3.88. The molecule has 1 aromatic rings. The summed E-state index contributed by atoms with van der Waals surface area (Å²) < 4.78 is 10.7. The Morgan fingerprint density at radius 3 is 2.74 bits per heavy atom. The zero-order valence-electron chi connectivity index (χ0n) is 15.3. The Morgan fingerprint density at radius 1 is 1.15 bits per heavy atom. The van der Waals surface area contributed by atoms with Gasteiger partial charge in [-0.2, -0.15) is 0 Å². The average molecular weight is 368 g/mol. The van der Waals surface area contributed by atoms with Gasteiger partial charge in [0.25, 0.3) is 0 Å². The molecule has 1 atom stereocenters. The SMILES string of the molecule is O=C(Nc1ccc2c(c1)OCO2)C1CC12CCN(C(=O)C1=CCCC1)CC2. The quantitative estimate of drug-likeness (QED) is 0.890. The van der Waals surface area contributed by atoms with Gasteiger partial charge in [0.05, 0.1) is 0 Å². The van der Waals surface area contributed by atoms with Crippen LogP contribution in [0, 0.1) is 11.3 Å². The highest BCUT2D eigenvalue weighted by atomic mass is 16.7. The fourth-order valence-electron chi connectivity index (χ4n) is 4.70. The van der Waals surface area contributed by atoms with Crippen LogP contribution in [0.5, 0.6) is 11.5 Å². The largest absolute Gasteiger partial charge is 0.454 e. The zero-order valence-corrected chi connectivity index (χ0v) is 15.3. The number of carbonyl (C=O) groups is 2. The first kappa shape index (κ1) is 16.7. The lowest BCUT2D eigenvalue weighted by Crippen LogP contribution is -2.40. The van der Waals surface area contributed by atoms with E-state index < -0.39 is 0 Å². The predicted octanol–water partition coefficient (Wildman–Crippen LogP) is 3.09. The molecule has 1 saturated heterocycles. The number of likely N-dealkylation sites (tertiary alicyclic amines) is 1. The average Bonchev–Trinajstić information content (AvgIpc) is 3.09. The van der Waals surface area contributed by atoms with E-state index in [-0.39, 0.29) is 29.9 Å². The van der Waals surface area contributed by atoms with Gasteiger partial charge in [0.15, 0.2) is 11.5 Å². The van der Waals surface area contributed by atoms with E-state index in [0.717, 1.165) is 62.9 Å². The van der Waals surface area contributed by atoms with Crippen LogP contribution in [0.4, 0.5) is 5.69 Å². The van der Waals surface area contributed by atoms with Crippen molar-refractivity contribution >= 4 is 17.5 Å². The van der Waals surface area contributed by atoms with Crippen molar-refractivity contribution in [1.29, 1.82) is 0 Å². The van der Waals surface area contributed by atoms with Crippen molar-refractivity contribution in [3.05, 3.63) is 29.8 Å². The monoisotopic (exact) mass is 368 g/mol. The Labute approximate surface area is 158 Å². The normalized spacial score (nSPS) is 24.7. The highest BCUT2D eigenvalue weighted by Gasteiger charge is 2.58. The van der Waals surface area contributed by atoms with Crippen molar-refractivity contribution in [3.63, 3.8) is 0 Å². The van der Waals surface area contributed by atoms with Gasteiger partial charge in [-0.1, -0.05) is 6.08 Å². The van der Waals surface area contributed by atoms with Gasteiger partial charge >= 0.3 is 0 Å². The summed E-state index contributed by atoms with van der Waals surface area (Å²) in [6.45, 7) is 1.76. The van der Waals surface area contributed by atoms with Crippen molar-refractivity contribution in [1.82, 2.24) is 4.90 Å². The number of carbonyl (C=O) groups excluding carboxylic acids is 2. The van der Waals surface area contributed by atoms with Gasteiger partial charge in [-0.3, -0.25) is 9.59 Å². The van der Waals surface area contributed by atoms with Gasteiger partial charge in [-0.25, -0.2) is 0 Å². The molecule has 2 aliphatic carbocycles. The van der Waals surface area contributed by atoms with Crippen LogP contribution in [0.15, 0.2) is 29.8 Å². The van der Waals surface area contributed by atoms with E-state index >= 15 is 0 Å². The number of benzene rings is 1. The molecular weight excluding hydrogens is 344 g/mol. The molecule has 1 N–H and O–H groups in total. The molecule has 1 unspecified atom stereocenters. The summed E-state index contributed by atoms with van der Waals surface area (Å²) in [4.78, 5) is 27.2. The third-order valence-corrected chi connectivity index (χ3v) is 6.51. The van der Waals surface area contributed by atoms with E-state index in [1.54, 1.807) is 0 Å². The number of hydrogen-bond acceptors (Lipinski definition) is 4. The molecule has 2 fully saturated rings. The Hall–Kier alpha value is -2.50. The van der Waals surface area contributed by atoms with Crippen LogP contribution in [0.25, 0.3) is 0 Å². The lowest BCUT2D eigenvalue weighted by atomic mass is 9.90. The smallest absolute Gasteiger partial charge is 0.249 e. The number of hydrogen-bond donors (Lipinski definition) is 1. The van der Waals surface area contributed by atoms with Crippen LogP contribution >= 0.6 is 0 Å². The van der Waals surface area contributed by atoms with E-state index in [4.69, 9.17) is 9.47 Å². The Morgan fingerprint density at radius 2 is 1.96 bits per heavy atom. The van der Waals surface area contributed by atoms with Crippen LogP contribution in [0.3, 0.4) is 0 Å². The summed E-state index contributed by atoms with van der Waals surface area (Å²) in [5.74, 6) is 1.72. The number of nitrogens with one attached hydrogen (secondary N) is 1. The van der Waals surface area contributed by atoms with Crippen molar-refractivity contribution in [2.75, 3.05) is 25.2 Å². The number of anilines is 1. The molecule has 2 heterocycles. The minimum absolute atomic E-state index is 0.0471. The predicted molar refractivity (Wildman–Crippen MR) is 99.5 cm³/mol. The standard InChI is InChI=1S/C21H24N2O4/c24-19(22-15-5-6-17-18(11-15)27-13-26-17)16-12-21(16)7-9-23(10-8-21)20(25)14-3-1-2-4-14/h3,5-6,11,16H,1-2,4,7-10,12-13H2,(H,22,24). The van der Waals surface area contributed by atoms with E-state index in [0.29, 0.717) is 11.5 Å². The summed E-state index contributed by atoms with van der Waals surface area (Å²) in [6, 6.07) is 5.48. The molecule has 142 valence electrons. The molecule has 2 amide bonds. The number of amides is 2. The Balaban J connectivity index is 1.17. The maximum absolute atomic E-state index is 12.7. The number of piperidine rings is 1. The highest BCUT2D eigenvalue weighted by Crippen LogP contribution is 2.59. The lowest BCUT2D eigenvalue weighted by Gasteiger charge is -2.33. The van der Waals surface area contributed by atoms with Crippen molar-refractivity contribution in [2.24, 2.45) is 11.3 Å². The third kappa shape index (κ3) is 2.97. The van der Waals surface area contributed by atoms with E-state index in [1.165, 1.54) is 0 Å². The molecular formula is C21H24N2O4. The maximum atomic E-state index is 12.7. The Bertz CT molecular complexity index is 823. The van der Waals surface area contributed by atoms with E-state index in [9.17, 15) is 9.59 Å². The van der Waals surface area contributed by atoms with Gasteiger partial charge in [-0.15, -0.1) is 0 Å². The summed E-state index contributed by atoms with van der Waals surface area (Å²) in [5.41, 5.74) is 1.81. The van der Waals surface area contributed by atoms with Crippen molar-refractivity contribution < 1.29 is 19.1 Å². The molecule has 27 heavy (non-hydrogen) atoms. The number of allylic oxidation sites excluding steroid dienone is 1. The summed E-state index contributed by atoms with van der Waals surface area (Å²) in [6.07, 6.45) is 7.90. The summed E-state index contributed by atoms with van der Waals surface area (Å²) in [7, 11) is 0. The molecule has 1 aromatic carbocycles. The molecule has 1 saturated carbocycles. The van der Waals surface area contributed by atoms with Gasteiger partial charge in [-0.05, 0) is 56.1 Å². The summed E-state index contributed by atoms with van der Waals surface area (Å²) >= 11 is 0. The molecule has 2 aliphatic heterocycles.